The van der Waals surface area contributed by atoms with Crippen LogP contribution in [0.5, 0.6) is 0 Å². The van der Waals surface area contributed by atoms with E-state index in [4.69, 9.17) is 4.74 Å². The van der Waals surface area contributed by atoms with Crippen LogP contribution in [0.15, 0.2) is 0 Å². The van der Waals surface area contributed by atoms with Crippen LogP contribution in [0.25, 0.3) is 0 Å². The number of hydroxylamine groups is 2. The van der Waals surface area contributed by atoms with Crippen LogP contribution in [0, 0.1) is 0 Å². The minimum absolute atomic E-state index is 0.0135. The van der Waals surface area contributed by atoms with Gasteiger partial charge in [0.2, 0.25) is 5.91 Å². The van der Waals surface area contributed by atoms with Gasteiger partial charge in [-0.3, -0.25) is 24.0 Å². The Labute approximate surface area is 156 Å². The van der Waals surface area contributed by atoms with E-state index in [1.54, 1.807) is 20.8 Å². The standard InChI is InChI=1S/C17H24N2O8/c1-17(2,3)26-15(24)9-5-12(21)18-10-11(20)4-8-16(25)27-19-13(22)6-7-14(19)23/h4-10H2,1-3H3,(H,18,21). The van der Waals surface area contributed by atoms with Gasteiger partial charge in [-0.1, -0.05) is 0 Å². The van der Waals surface area contributed by atoms with Gasteiger partial charge in [-0.25, -0.2) is 4.79 Å². The Hall–Kier alpha value is -2.78. The second kappa shape index (κ2) is 9.79. The molecule has 0 bridgehead atoms. The number of nitrogens with zero attached hydrogens (tertiary/aromatic N) is 1. The van der Waals surface area contributed by atoms with Crippen molar-refractivity contribution in [3.05, 3.63) is 0 Å². The third kappa shape index (κ3) is 8.93. The minimum atomic E-state index is -0.886. The summed E-state index contributed by atoms with van der Waals surface area (Å²) in [5.41, 5.74) is -0.636. The molecule has 10 heteroatoms. The van der Waals surface area contributed by atoms with E-state index in [1.807, 2.05) is 0 Å². The molecule has 0 saturated carbocycles. The normalized spacial score (nSPS) is 14.1. The molecule has 1 rings (SSSR count). The average molecular weight is 384 g/mol. The molecule has 10 nitrogen and oxygen atoms in total. The first kappa shape index (κ1) is 22.3. The maximum absolute atomic E-state index is 11.7. The fourth-order valence-electron chi connectivity index (χ4n) is 2.03. The number of carbonyl (C=O) groups is 6. The molecule has 1 fully saturated rings. The summed E-state index contributed by atoms with van der Waals surface area (Å²) in [7, 11) is 0. The molecule has 0 atom stereocenters. The fourth-order valence-corrected chi connectivity index (χ4v) is 2.03. The van der Waals surface area contributed by atoms with Gasteiger partial charge in [0, 0.05) is 25.7 Å². The minimum Gasteiger partial charge on any atom is -0.460 e. The molecular formula is C17H24N2O8. The van der Waals surface area contributed by atoms with Crippen molar-refractivity contribution in [3.63, 3.8) is 0 Å². The van der Waals surface area contributed by atoms with Crippen LogP contribution in [0.1, 0.15) is 59.3 Å². The van der Waals surface area contributed by atoms with E-state index >= 15 is 0 Å². The summed E-state index contributed by atoms with van der Waals surface area (Å²) in [6.07, 6.45) is -0.809. The maximum Gasteiger partial charge on any atom is 0.333 e. The first-order valence-corrected chi connectivity index (χ1v) is 8.55. The van der Waals surface area contributed by atoms with Gasteiger partial charge in [0.15, 0.2) is 5.78 Å². The molecule has 1 aliphatic heterocycles. The second-order valence-electron chi connectivity index (χ2n) is 6.95. The predicted molar refractivity (Wildman–Crippen MR) is 89.5 cm³/mol. The number of ether oxygens (including phenoxy) is 1. The molecule has 0 aromatic carbocycles. The van der Waals surface area contributed by atoms with E-state index in [2.05, 4.69) is 10.2 Å². The first-order chi connectivity index (χ1) is 12.5. The van der Waals surface area contributed by atoms with Crippen molar-refractivity contribution in [3.8, 4) is 0 Å². The molecule has 1 N–H and O–H groups in total. The highest BCUT2D eigenvalue weighted by Gasteiger charge is 2.32. The fraction of sp³-hybridized carbons (Fsp3) is 0.647. The number of imide groups is 1. The summed E-state index contributed by atoms with van der Waals surface area (Å²) in [6, 6.07) is 0. The first-order valence-electron chi connectivity index (χ1n) is 8.55. The van der Waals surface area contributed by atoms with Gasteiger partial charge in [-0.2, -0.15) is 0 Å². The van der Waals surface area contributed by atoms with Crippen LogP contribution in [0.2, 0.25) is 0 Å². The molecule has 1 heterocycles. The Kier molecular flexibility index (Phi) is 8.07. The number of carbonyl (C=O) groups excluding carboxylic acids is 6. The van der Waals surface area contributed by atoms with Crippen molar-refractivity contribution in [2.45, 2.75) is 64.9 Å². The summed E-state index contributed by atoms with van der Waals surface area (Å²) in [4.78, 5) is 73.6. The predicted octanol–water partition coefficient (Wildman–Crippen LogP) is 0.181. The van der Waals surface area contributed by atoms with E-state index in [1.165, 1.54) is 0 Å². The third-order valence-electron chi connectivity index (χ3n) is 3.27. The molecule has 0 spiro atoms. The highest BCUT2D eigenvalue weighted by molar-refractivity contribution is 6.01. The Bertz CT molecular complexity index is 619. The molecule has 0 aliphatic carbocycles. The zero-order valence-corrected chi connectivity index (χ0v) is 15.7. The molecule has 0 unspecified atom stereocenters. The number of ketones is 1. The number of amides is 3. The summed E-state index contributed by atoms with van der Waals surface area (Å²) in [5, 5.41) is 2.75. The summed E-state index contributed by atoms with van der Waals surface area (Å²) >= 11 is 0. The molecule has 0 aromatic heterocycles. The number of Topliss-reactive ketones (excluding diaryl/α,β-unsaturated/α-hetero) is 1. The topological polar surface area (TPSA) is 136 Å². The van der Waals surface area contributed by atoms with E-state index in [-0.39, 0.29) is 45.1 Å². The van der Waals surface area contributed by atoms with Gasteiger partial charge < -0.3 is 14.9 Å². The highest BCUT2D eigenvalue weighted by atomic mass is 16.7. The third-order valence-corrected chi connectivity index (χ3v) is 3.27. The molecule has 1 saturated heterocycles. The van der Waals surface area contributed by atoms with Gasteiger partial charge in [-0.15, -0.1) is 5.06 Å². The Morgan fingerprint density at radius 2 is 1.48 bits per heavy atom. The van der Waals surface area contributed by atoms with Crippen molar-refractivity contribution in [2.75, 3.05) is 6.54 Å². The molecule has 3 amide bonds. The molecule has 1 aliphatic rings. The number of esters is 1. The lowest BCUT2D eigenvalue weighted by molar-refractivity contribution is -0.197. The Morgan fingerprint density at radius 1 is 0.926 bits per heavy atom. The van der Waals surface area contributed by atoms with E-state index < -0.39 is 41.0 Å². The molecule has 27 heavy (non-hydrogen) atoms. The second-order valence-corrected chi connectivity index (χ2v) is 6.95. The summed E-state index contributed by atoms with van der Waals surface area (Å²) in [5.74, 6) is -3.53. The smallest absolute Gasteiger partial charge is 0.333 e. The van der Waals surface area contributed by atoms with E-state index in [9.17, 15) is 28.8 Å². The largest absolute Gasteiger partial charge is 0.460 e. The zero-order valence-electron chi connectivity index (χ0n) is 15.7. The Morgan fingerprint density at radius 3 is 2.04 bits per heavy atom. The Balaban J connectivity index is 2.20. The SMILES string of the molecule is CC(C)(C)OC(=O)CCC(=O)NCC(=O)CCC(=O)ON1C(=O)CCC1=O. The molecular weight excluding hydrogens is 360 g/mol. The highest BCUT2D eigenvalue weighted by Crippen LogP contribution is 2.13. The van der Waals surface area contributed by atoms with Crippen molar-refractivity contribution >= 4 is 35.4 Å². The van der Waals surface area contributed by atoms with Gasteiger partial charge >= 0.3 is 11.9 Å². The van der Waals surface area contributed by atoms with E-state index in [0.717, 1.165) is 0 Å². The quantitative estimate of drug-likeness (QED) is 0.439. The monoisotopic (exact) mass is 384 g/mol. The lowest BCUT2D eigenvalue weighted by Crippen LogP contribution is -2.33. The average Bonchev–Trinajstić information content (AvgIpc) is 2.86. The van der Waals surface area contributed by atoms with Gasteiger partial charge in [-0.05, 0) is 20.8 Å². The van der Waals surface area contributed by atoms with Gasteiger partial charge in [0.1, 0.15) is 5.60 Å². The van der Waals surface area contributed by atoms with Crippen LogP contribution >= 0.6 is 0 Å². The number of rotatable bonds is 9. The lowest BCUT2D eigenvalue weighted by atomic mass is 10.2. The number of hydrogen-bond acceptors (Lipinski definition) is 8. The van der Waals surface area contributed by atoms with Crippen LogP contribution in [0.4, 0.5) is 0 Å². The zero-order chi connectivity index (χ0) is 20.6. The molecule has 0 aromatic rings. The lowest BCUT2D eigenvalue weighted by Gasteiger charge is -2.19. The van der Waals surface area contributed by atoms with Crippen LogP contribution in [-0.4, -0.2) is 52.7 Å². The van der Waals surface area contributed by atoms with E-state index in [0.29, 0.717) is 5.06 Å². The van der Waals surface area contributed by atoms with Crippen LogP contribution < -0.4 is 5.32 Å². The number of nitrogens with one attached hydrogen (secondary N) is 1. The summed E-state index contributed by atoms with van der Waals surface area (Å²) in [6.45, 7) is 4.83. The number of hydrogen-bond donors (Lipinski definition) is 1. The van der Waals surface area contributed by atoms with Crippen molar-refractivity contribution in [2.24, 2.45) is 0 Å². The van der Waals surface area contributed by atoms with Crippen LogP contribution in [0.3, 0.4) is 0 Å². The maximum atomic E-state index is 11.7. The van der Waals surface area contributed by atoms with Crippen molar-refractivity contribution < 1.29 is 38.3 Å². The van der Waals surface area contributed by atoms with Gasteiger partial charge in [0.25, 0.3) is 11.8 Å². The van der Waals surface area contributed by atoms with Gasteiger partial charge in [0.05, 0.1) is 19.4 Å². The van der Waals surface area contributed by atoms with Crippen molar-refractivity contribution in [1.29, 1.82) is 0 Å². The van der Waals surface area contributed by atoms with Crippen LogP contribution in [-0.2, 0) is 38.3 Å². The molecule has 150 valence electrons. The van der Waals surface area contributed by atoms with Crippen molar-refractivity contribution in [1.82, 2.24) is 10.4 Å². The summed E-state index contributed by atoms with van der Waals surface area (Å²) < 4.78 is 5.06. The molecule has 0 radical (unpaired) electrons.